The van der Waals surface area contributed by atoms with Crippen LogP contribution in [0.3, 0.4) is 0 Å². The first kappa shape index (κ1) is 16.2. The van der Waals surface area contributed by atoms with E-state index in [2.05, 4.69) is 10.1 Å². The van der Waals surface area contributed by atoms with Gasteiger partial charge >= 0.3 is 0 Å². The molecule has 0 saturated carbocycles. The minimum absolute atomic E-state index is 0.128. The highest BCUT2D eigenvalue weighted by molar-refractivity contribution is 5.95. The standard InChI is InChI=1S/C17H21N5O2/c1-11-8-12(2)22(20-11)14-4-3-7-21(10-14)17(24)15-6-5-13(9-19-15)16(18)23/h5-6,8-9,14H,3-4,7,10H2,1-2H3,(H2,18,23)/t14-/m1/s1. The Morgan fingerprint density at radius 2 is 2.08 bits per heavy atom. The number of amides is 2. The molecule has 1 aliphatic rings. The van der Waals surface area contributed by atoms with Gasteiger partial charge in [-0.05, 0) is 44.9 Å². The Labute approximate surface area is 140 Å². The zero-order valence-electron chi connectivity index (χ0n) is 13.9. The van der Waals surface area contributed by atoms with Crippen LogP contribution >= 0.6 is 0 Å². The van der Waals surface area contributed by atoms with E-state index in [0.29, 0.717) is 24.3 Å². The van der Waals surface area contributed by atoms with Gasteiger partial charge < -0.3 is 10.6 Å². The number of nitrogens with zero attached hydrogens (tertiary/aromatic N) is 4. The molecule has 0 aromatic carbocycles. The molecule has 1 fully saturated rings. The van der Waals surface area contributed by atoms with Crippen molar-refractivity contribution in [2.45, 2.75) is 32.7 Å². The van der Waals surface area contributed by atoms with Crippen LogP contribution in [0.2, 0.25) is 0 Å². The number of likely N-dealkylation sites (tertiary alicyclic amines) is 1. The number of aryl methyl sites for hydroxylation is 2. The van der Waals surface area contributed by atoms with Crippen LogP contribution in [-0.4, -0.2) is 44.6 Å². The van der Waals surface area contributed by atoms with Crippen LogP contribution in [0.15, 0.2) is 24.4 Å². The lowest BCUT2D eigenvalue weighted by Gasteiger charge is -2.33. The molecule has 0 spiro atoms. The molecule has 1 aliphatic heterocycles. The molecular formula is C17H21N5O2. The Balaban J connectivity index is 1.75. The maximum Gasteiger partial charge on any atom is 0.272 e. The number of hydrogen-bond donors (Lipinski definition) is 1. The minimum atomic E-state index is -0.552. The summed E-state index contributed by atoms with van der Waals surface area (Å²) < 4.78 is 2.01. The van der Waals surface area contributed by atoms with E-state index in [0.717, 1.165) is 24.2 Å². The SMILES string of the molecule is Cc1cc(C)n([C@@H]2CCCN(C(=O)c3ccc(C(N)=O)cn3)C2)n1. The molecule has 3 heterocycles. The van der Waals surface area contributed by atoms with Crippen LogP contribution in [0.25, 0.3) is 0 Å². The van der Waals surface area contributed by atoms with Crippen molar-refractivity contribution in [2.75, 3.05) is 13.1 Å². The Bertz CT molecular complexity index is 766. The molecule has 2 aromatic rings. The normalized spacial score (nSPS) is 17.8. The second-order valence-corrected chi connectivity index (χ2v) is 6.22. The molecule has 0 bridgehead atoms. The largest absolute Gasteiger partial charge is 0.366 e. The topological polar surface area (TPSA) is 94.1 Å². The van der Waals surface area contributed by atoms with Gasteiger partial charge in [-0.3, -0.25) is 19.3 Å². The first-order valence-electron chi connectivity index (χ1n) is 8.03. The van der Waals surface area contributed by atoms with Gasteiger partial charge in [-0.1, -0.05) is 0 Å². The van der Waals surface area contributed by atoms with Gasteiger partial charge in [-0.2, -0.15) is 5.10 Å². The van der Waals surface area contributed by atoms with E-state index in [1.54, 1.807) is 11.0 Å². The van der Waals surface area contributed by atoms with Gasteiger partial charge in [0.05, 0.1) is 17.3 Å². The zero-order chi connectivity index (χ0) is 17.3. The highest BCUT2D eigenvalue weighted by Crippen LogP contribution is 2.24. The van der Waals surface area contributed by atoms with E-state index in [4.69, 9.17) is 5.73 Å². The molecule has 126 valence electrons. The third-order valence-corrected chi connectivity index (χ3v) is 4.34. The molecule has 2 aromatic heterocycles. The highest BCUT2D eigenvalue weighted by Gasteiger charge is 2.27. The summed E-state index contributed by atoms with van der Waals surface area (Å²) in [5, 5.41) is 4.54. The quantitative estimate of drug-likeness (QED) is 0.923. The Hall–Kier alpha value is -2.70. The summed E-state index contributed by atoms with van der Waals surface area (Å²) in [5.41, 5.74) is 7.92. The molecule has 0 aliphatic carbocycles. The second kappa shape index (κ2) is 6.43. The van der Waals surface area contributed by atoms with Crippen molar-refractivity contribution in [3.63, 3.8) is 0 Å². The fraction of sp³-hybridized carbons (Fsp3) is 0.412. The van der Waals surface area contributed by atoms with E-state index in [1.165, 1.54) is 12.3 Å². The lowest BCUT2D eigenvalue weighted by atomic mass is 10.0. The van der Waals surface area contributed by atoms with Crippen molar-refractivity contribution in [1.82, 2.24) is 19.7 Å². The van der Waals surface area contributed by atoms with E-state index in [1.807, 2.05) is 24.6 Å². The molecule has 2 N–H and O–H groups in total. The second-order valence-electron chi connectivity index (χ2n) is 6.22. The lowest BCUT2D eigenvalue weighted by Crippen LogP contribution is -2.41. The van der Waals surface area contributed by atoms with Crippen molar-refractivity contribution >= 4 is 11.8 Å². The average molecular weight is 327 g/mol. The van der Waals surface area contributed by atoms with Crippen molar-refractivity contribution < 1.29 is 9.59 Å². The first-order chi connectivity index (χ1) is 11.5. The Morgan fingerprint density at radius 3 is 2.67 bits per heavy atom. The van der Waals surface area contributed by atoms with Gasteiger partial charge in [0.1, 0.15) is 5.69 Å². The number of piperidine rings is 1. The summed E-state index contributed by atoms with van der Waals surface area (Å²) in [7, 11) is 0. The highest BCUT2D eigenvalue weighted by atomic mass is 16.2. The number of primary amides is 1. The van der Waals surface area contributed by atoms with E-state index in [-0.39, 0.29) is 11.9 Å². The molecule has 3 rings (SSSR count). The summed E-state index contributed by atoms with van der Waals surface area (Å²) in [4.78, 5) is 29.6. The summed E-state index contributed by atoms with van der Waals surface area (Å²) in [5.74, 6) is -0.679. The fourth-order valence-corrected chi connectivity index (χ4v) is 3.18. The number of aromatic nitrogens is 3. The van der Waals surface area contributed by atoms with Gasteiger partial charge in [0.25, 0.3) is 5.91 Å². The van der Waals surface area contributed by atoms with Crippen molar-refractivity contribution in [3.8, 4) is 0 Å². The maximum atomic E-state index is 12.7. The number of nitrogens with two attached hydrogens (primary N) is 1. The zero-order valence-corrected chi connectivity index (χ0v) is 13.9. The number of pyridine rings is 1. The fourth-order valence-electron chi connectivity index (χ4n) is 3.18. The van der Waals surface area contributed by atoms with Gasteiger partial charge in [0.15, 0.2) is 0 Å². The van der Waals surface area contributed by atoms with E-state index < -0.39 is 5.91 Å². The summed E-state index contributed by atoms with van der Waals surface area (Å²) in [6.07, 6.45) is 3.27. The number of rotatable bonds is 3. The summed E-state index contributed by atoms with van der Waals surface area (Å²) >= 11 is 0. The molecule has 2 amide bonds. The van der Waals surface area contributed by atoms with Gasteiger partial charge in [-0.25, -0.2) is 0 Å². The molecule has 7 heteroatoms. The predicted molar refractivity (Wildman–Crippen MR) is 88.6 cm³/mol. The Kier molecular flexibility index (Phi) is 4.33. The van der Waals surface area contributed by atoms with Crippen molar-refractivity contribution in [3.05, 3.63) is 47.0 Å². The van der Waals surface area contributed by atoms with Crippen LogP contribution < -0.4 is 5.73 Å². The van der Waals surface area contributed by atoms with E-state index >= 15 is 0 Å². The first-order valence-corrected chi connectivity index (χ1v) is 8.03. The number of carbonyl (C=O) groups is 2. The molecular weight excluding hydrogens is 306 g/mol. The van der Waals surface area contributed by atoms with Crippen LogP contribution in [0, 0.1) is 13.8 Å². The van der Waals surface area contributed by atoms with Gasteiger partial charge in [-0.15, -0.1) is 0 Å². The number of carbonyl (C=O) groups excluding carboxylic acids is 2. The van der Waals surface area contributed by atoms with Crippen molar-refractivity contribution in [1.29, 1.82) is 0 Å². The van der Waals surface area contributed by atoms with Gasteiger partial charge in [0.2, 0.25) is 5.91 Å². The van der Waals surface area contributed by atoms with Crippen LogP contribution in [0.5, 0.6) is 0 Å². The molecule has 7 nitrogen and oxygen atoms in total. The monoisotopic (exact) mass is 327 g/mol. The van der Waals surface area contributed by atoms with Crippen LogP contribution in [-0.2, 0) is 0 Å². The third kappa shape index (κ3) is 3.15. The molecule has 0 unspecified atom stereocenters. The number of hydrogen-bond acceptors (Lipinski definition) is 4. The molecule has 1 saturated heterocycles. The molecule has 1 atom stereocenters. The predicted octanol–water partition coefficient (Wildman–Crippen LogP) is 1.47. The van der Waals surface area contributed by atoms with Crippen LogP contribution in [0.1, 0.15) is 51.1 Å². The average Bonchev–Trinajstić information content (AvgIpc) is 2.93. The smallest absolute Gasteiger partial charge is 0.272 e. The Morgan fingerprint density at radius 1 is 1.29 bits per heavy atom. The third-order valence-electron chi connectivity index (χ3n) is 4.34. The summed E-state index contributed by atoms with van der Waals surface area (Å²) in [6, 6.07) is 5.31. The van der Waals surface area contributed by atoms with Crippen LogP contribution in [0.4, 0.5) is 0 Å². The summed E-state index contributed by atoms with van der Waals surface area (Å²) in [6.45, 7) is 5.32. The molecule has 24 heavy (non-hydrogen) atoms. The maximum absolute atomic E-state index is 12.7. The van der Waals surface area contributed by atoms with Crippen molar-refractivity contribution in [2.24, 2.45) is 5.73 Å². The minimum Gasteiger partial charge on any atom is -0.366 e. The molecule has 0 radical (unpaired) electrons. The van der Waals surface area contributed by atoms with E-state index in [9.17, 15) is 9.59 Å². The van der Waals surface area contributed by atoms with Gasteiger partial charge in [0, 0.05) is 25.0 Å². The lowest BCUT2D eigenvalue weighted by molar-refractivity contribution is 0.0665.